The van der Waals surface area contributed by atoms with E-state index in [9.17, 15) is 18.0 Å². The molecule has 9 nitrogen and oxygen atoms in total. The minimum atomic E-state index is -4.75. The van der Waals surface area contributed by atoms with Gasteiger partial charge < -0.3 is 23.8 Å². The van der Waals surface area contributed by atoms with E-state index in [1.165, 1.54) is 12.0 Å². The molecule has 1 unspecified atom stereocenters. The van der Waals surface area contributed by atoms with Crippen molar-refractivity contribution >= 4 is 6.09 Å². The second-order valence-electron chi connectivity index (χ2n) is 9.28. The molecule has 1 aliphatic carbocycles. The molecule has 1 aromatic carbocycles. The van der Waals surface area contributed by atoms with Gasteiger partial charge in [0, 0.05) is 25.2 Å². The number of methoxy groups -OCH3 is 2. The summed E-state index contributed by atoms with van der Waals surface area (Å²) >= 11 is 0. The van der Waals surface area contributed by atoms with Crippen molar-refractivity contribution in [2.75, 3.05) is 33.9 Å². The number of rotatable bonds is 9. The lowest BCUT2D eigenvalue weighted by atomic mass is 10.2. The van der Waals surface area contributed by atoms with Gasteiger partial charge in [-0.1, -0.05) is 12.1 Å². The molecule has 38 heavy (non-hydrogen) atoms. The lowest BCUT2D eigenvalue weighted by Crippen LogP contribution is -2.42. The van der Waals surface area contributed by atoms with Crippen molar-refractivity contribution in [2.45, 2.75) is 24.8 Å². The van der Waals surface area contributed by atoms with E-state index in [2.05, 4.69) is 10.1 Å². The Hall–Kier alpha value is -3.80. The van der Waals surface area contributed by atoms with Crippen LogP contribution in [0.2, 0.25) is 0 Å². The highest BCUT2D eigenvalue weighted by atomic mass is 19.4. The number of pyridine rings is 1. The average molecular weight is 533 g/mol. The van der Waals surface area contributed by atoms with Gasteiger partial charge in [0.1, 0.15) is 11.5 Å². The van der Waals surface area contributed by atoms with E-state index < -0.39 is 25.0 Å². The van der Waals surface area contributed by atoms with E-state index in [1.807, 2.05) is 12.3 Å². The van der Waals surface area contributed by atoms with Crippen LogP contribution in [0.1, 0.15) is 17.2 Å². The monoisotopic (exact) mass is 532 g/mol. The zero-order valence-electron chi connectivity index (χ0n) is 20.8. The van der Waals surface area contributed by atoms with Crippen molar-refractivity contribution in [2.24, 2.45) is 11.8 Å². The van der Waals surface area contributed by atoms with Crippen LogP contribution in [0.25, 0.3) is 5.82 Å². The number of halogens is 3. The van der Waals surface area contributed by atoms with Crippen LogP contribution in [0.5, 0.6) is 11.5 Å². The molecule has 2 aliphatic rings. The summed E-state index contributed by atoms with van der Waals surface area (Å²) in [4.78, 5) is 18.2. The molecule has 0 N–H and O–H groups in total. The molecule has 0 spiro atoms. The van der Waals surface area contributed by atoms with Gasteiger partial charge in [-0.3, -0.25) is 0 Å². The van der Waals surface area contributed by atoms with E-state index in [1.54, 1.807) is 54.4 Å². The molecule has 1 amide bonds. The number of carbonyl (C=O) groups excluding carboxylic acids is 1. The van der Waals surface area contributed by atoms with Gasteiger partial charge in [0.05, 0.1) is 39.3 Å². The summed E-state index contributed by atoms with van der Waals surface area (Å²) in [5.74, 6) is 2.31. The Kier molecular flexibility index (Phi) is 7.15. The fourth-order valence-electron chi connectivity index (χ4n) is 4.78. The lowest BCUT2D eigenvalue weighted by Gasteiger charge is -2.25. The molecule has 0 bridgehead atoms. The Morgan fingerprint density at radius 3 is 2.32 bits per heavy atom. The van der Waals surface area contributed by atoms with Crippen molar-refractivity contribution in [3.8, 4) is 17.3 Å². The molecule has 3 heterocycles. The summed E-state index contributed by atoms with van der Waals surface area (Å²) in [6, 6.07) is 12.2. The summed E-state index contributed by atoms with van der Waals surface area (Å²) in [5, 5.41) is 4.61. The van der Waals surface area contributed by atoms with Gasteiger partial charge >= 0.3 is 12.3 Å². The van der Waals surface area contributed by atoms with Crippen molar-refractivity contribution in [1.82, 2.24) is 19.7 Å². The predicted octanol–water partition coefficient (Wildman–Crippen LogP) is 4.21. The predicted molar refractivity (Wildman–Crippen MR) is 128 cm³/mol. The smallest absolute Gasteiger partial charge is 0.427 e. The largest absolute Gasteiger partial charge is 0.497 e. The second-order valence-corrected chi connectivity index (χ2v) is 9.28. The van der Waals surface area contributed by atoms with Crippen molar-refractivity contribution in [3.05, 3.63) is 66.1 Å². The number of nitrogens with zero attached hydrogens (tertiary/aromatic N) is 4. The van der Waals surface area contributed by atoms with Gasteiger partial charge in [0.2, 0.25) is 6.10 Å². The van der Waals surface area contributed by atoms with E-state index in [0.717, 1.165) is 5.69 Å². The maximum absolute atomic E-state index is 13.5. The molecule has 5 rings (SSSR count). The van der Waals surface area contributed by atoms with Gasteiger partial charge in [-0.05, 0) is 47.7 Å². The van der Waals surface area contributed by atoms with E-state index in [0.29, 0.717) is 36.0 Å². The summed E-state index contributed by atoms with van der Waals surface area (Å²) in [7, 11) is 3.08. The quantitative estimate of drug-likeness (QED) is 0.408. The molecular weight excluding hydrogens is 505 g/mol. The molecule has 4 atom stereocenters. The van der Waals surface area contributed by atoms with Crippen LogP contribution < -0.4 is 9.47 Å². The van der Waals surface area contributed by atoms with Crippen LogP contribution in [-0.2, 0) is 16.1 Å². The van der Waals surface area contributed by atoms with Crippen LogP contribution >= 0.6 is 0 Å². The summed E-state index contributed by atoms with van der Waals surface area (Å²) in [6.07, 6.45) is -4.68. The third-order valence-corrected chi connectivity index (χ3v) is 6.90. The van der Waals surface area contributed by atoms with Crippen LogP contribution in [0, 0.1) is 11.8 Å². The maximum atomic E-state index is 13.5. The molecule has 2 aromatic heterocycles. The number of aromatic nitrogens is 3. The SMILES string of the molecule is COc1ccc(COC[C@@H](OC(=O)N2C[C@@H]3C(c4ccn(-c5ccc(OC)cn5)n4)[C@@H]3C2)C(F)(F)F)cc1. The number of hydrogen-bond donors (Lipinski definition) is 0. The Bertz CT molecular complexity index is 1240. The summed E-state index contributed by atoms with van der Waals surface area (Å²) in [6.45, 7) is -0.206. The van der Waals surface area contributed by atoms with Crippen molar-refractivity contribution in [1.29, 1.82) is 0 Å². The van der Waals surface area contributed by atoms with Gasteiger partial charge in [-0.15, -0.1) is 0 Å². The number of hydrogen-bond acceptors (Lipinski definition) is 7. The first-order chi connectivity index (χ1) is 18.3. The highest BCUT2D eigenvalue weighted by Gasteiger charge is 2.59. The van der Waals surface area contributed by atoms with Crippen molar-refractivity contribution in [3.63, 3.8) is 0 Å². The Morgan fingerprint density at radius 1 is 1.03 bits per heavy atom. The zero-order chi connectivity index (χ0) is 26.9. The number of likely N-dealkylation sites (tertiary alicyclic amines) is 1. The van der Waals surface area contributed by atoms with Crippen molar-refractivity contribution < 1.29 is 36.9 Å². The van der Waals surface area contributed by atoms with E-state index in [4.69, 9.17) is 18.9 Å². The highest BCUT2D eigenvalue weighted by Crippen LogP contribution is 2.57. The molecule has 3 aromatic rings. The first-order valence-corrected chi connectivity index (χ1v) is 12.1. The van der Waals surface area contributed by atoms with Gasteiger partial charge in [-0.2, -0.15) is 18.3 Å². The average Bonchev–Trinajstić information content (AvgIpc) is 3.26. The Morgan fingerprint density at radius 2 is 1.71 bits per heavy atom. The third kappa shape index (κ3) is 5.54. The van der Waals surface area contributed by atoms with Crippen LogP contribution in [0.15, 0.2) is 54.9 Å². The lowest BCUT2D eigenvalue weighted by molar-refractivity contribution is -0.219. The highest BCUT2D eigenvalue weighted by molar-refractivity contribution is 5.69. The molecule has 1 aliphatic heterocycles. The zero-order valence-corrected chi connectivity index (χ0v) is 20.8. The number of ether oxygens (including phenoxy) is 4. The fraction of sp³-hybridized carbons (Fsp3) is 0.423. The van der Waals surface area contributed by atoms with Gasteiger partial charge in [0.25, 0.3) is 0 Å². The van der Waals surface area contributed by atoms with E-state index >= 15 is 0 Å². The third-order valence-electron chi connectivity index (χ3n) is 6.90. The molecule has 12 heteroatoms. The molecule has 1 saturated carbocycles. The summed E-state index contributed by atoms with van der Waals surface area (Å²) < 4.78 is 62.5. The fourth-order valence-corrected chi connectivity index (χ4v) is 4.78. The maximum Gasteiger partial charge on any atom is 0.427 e. The van der Waals surface area contributed by atoms with Crippen LogP contribution in [0.4, 0.5) is 18.0 Å². The Labute approximate surface area is 217 Å². The molecule has 1 saturated heterocycles. The first kappa shape index (κ1) is 25.8. The van der Waals surface area contributed by atoms with Gasteiger partial charge in [0.15, 0.2) is 5.82 Å². The van der Waals surface area contributed by atoms with Crippen LogP contribution in [0.3, 0.4) is 0 Å². The van der Waals surface area contributed by atoms with Gasteiger partial charge in [-0.25, -0.2) is 14.5 Å². The molecule has 0 radical (unpaired) electrons. The number of carbonyl (C=O) groups is 1. The molecule has 202 valence electrons. The number of amides is 1. The number of alkyl halides is 3. The minimum absolute atomic E-state index is 0.0532. The second kappa shape index (κ2) is 10.5. The number of fused-ring (bicyclic) bond motifs is 1. The molecule has 2 fully saturated rings. The standard InChI is InChI=1S/C26H27F3N4O5/c1-35-17-5-3-16(4-6-17)14-37-15-22(26(27,28)29)38-25(34)32-12-19-20(13-32)24(19)21-9-10-33(31-21)23-8-7-18(36-2)11-30-23/h3-11,19-20,22,24H,12-15H2,1-2H3/t19-,20+,22-,24?/m1/s1. The normalized spacial score (nSPS) is 21.1. The van der Waals surface area contributed by atoms with E-state index in [-0.39, 0.29) is 24.4 Å². The summed E-state index contributed by atoms with van der Waals surface area (Å²) in [5.41, 5.74) is 1.54. The number of benzene rings is 1. The Balaban J connectivity index is 1.12. The number of piperidine rings is 1. The minimum Gasteiger partial charge on any atom is -0.497 e. The molecular formula is C26H27F3N4O5. The van der Waals surface area contributed by atoms with Crippen LogP contribution in [-0.4, -0.2) is 72.0 Å². The first-order valence-electron chi connectivity index (χ1n) is 12.1. The topological polar surface area (TPSA) is 87.9 Å².